The maximum atomic E-state index is 12.3. The number of benzene rings is 2. The molecule has 0 aliphatic heterocycles. The minimum absolute atomic E-state index is 0.151. The number of halogens is 1. The summed E-state index contributed by atoms with van der Waals surface area (Å²) in [7, 11) is 0. The van der Waals surface area contributed by atoms with Crippen LogP contribution in [0.2, 0.25) is 0 Å². The first kappa shape index (κ1) is 17.4. The van der Waals surface area contributed by atoms with E-state index in [4.69, 9.17) is 0 Å². The van der Waals surface area contributed by atoms with Gasteiger partial charge in [0.1, 0.15) is 0 Å². The summed E-state index contributed by atoms with van der Waals surface area (Å²) in [5.74, 6) is -0.151. The van der Waals surface area contributed by atoms with Crippen molar-refractivity contribution in [2.45, 2.75) is 25.6 Å². The summed E-state index contributed by atoms with van der Waals surface area (Å²) < 4.78 is 0. The molecule has 4 heteroatoms. The fourth-order valence-corrected chi connectivity index (χ4v) is 2.15. The molecule has 1 amide bonds. The molecule has 2 aromatic carbocycles. The lowest BCUT2D eigenvalue weighted by Gasteiger charge is -2.23. The van der Waals surface area contributed by atoms with Crippen LogP contribution in [0, 0.1) is 5.41 Å². The van der Waals surface area contributed by atoms with Gasteiger partial charge in [-0.2, -0.15) is 5.10 Å². The Kier molecular flexibility index (Phi) is 5.72. The molecule has 120 valence electrons. The van der Waals surface area contributed by atoms with Gasteiger partial charge in [0.15, 0.2) is 0 Å². The summed E-state index contributed by atoms with van der Waals surface area (Å²) in [6.45, 7) is 6.01. The molecule has 0 spiro atoms. The van der Waals surface area contributed by atoms with Crippen LogP contribution in [0.15, 0.2) is 65.8 Å². The lowest BCUT2D eigenvalue weighted by molar-refractivity contribution is -0.121. The Morgan fingerprint density at radius 3 is 1.78 bits per heavy atom. The molecule has 0 heterocycles. The van der Waals surface area contributed by atoms with E-state index in [9.17, 15) is 4.79 Å². The number of hydrogen-bond donors (Lipinski definition) is 1. The summed E-state index contributed by atoms with van der Waals surface area (Å²) in [5.41, 5.74) is 5.17. The van der Waals surface area contributed by atoms with Gasteiger partial charge in [-0.3, -0.25) is 4.79 Å². The molecular formula is C19H21BrN2O. The van der Waals surface area contributed by atoms with E-state index in [1.165, 1.54) is 0 Å². The van der Waals surface area contributed by atoms with Crippen LogP contribution >= 0.6 is 15.9 Å². The fourth-order valence-electron chi connectivity index (χ4n) is 2.05. The van der Waals surface area contributed by atoms with Gasteiger partial charge >= 0.3 is 0 Å². The number of nitrogens with one attached hydrogen (secondary N) is 1. The van der Waals surface area contributed by atoms with E-state index in [1.54, 1.807) is 0 Å². The van der Waals surface area contributed by atoms with Gasteiger partial charge in [0.2, 0.25) is 0 Å². The Labute approximate surface area is 145 Å². The third-order valence-electron chi connectivity index (χ3n) is 3.36. The molecule has 3 nitrogen and oxygen atoms in total. The second-order valence-electron chi connectivity index (χ2n) is 6.40. The summed E-state index contributed by atoms with van der Waals surface area (Å²) >= 11 is 3.45. The number of alkyl halides is 1. The SMILES string of the molecule is CC(C)(C)C(Br)C(=O)NN=C(c1ccccc1)c1ccccc1. The molecule has 0 aliphatic rings. The second-order valence-corrected chi connectivity index (χ2v) is 7.31. The number of carbonyl (C=O) groups is 1. The molecule has 0 aliphatic carbocycles. The van der Waals surface area contributed by atoms with Crippen LogP contribution in [0.5, 0.6) is 0 Å². The highest BCUT2D eigenvalue weighted by Gasteiger charge is 2.28. The van der Waals surface area contributed by atoms with Gasteiger partial charge in [0.05, 0.1) is 10.5 Å². The van der Waals surface area contributed by atoms with E-state index in [0.29, 0.717) is 0 Å². The number of rotatable bonds is 4. The van der Waals surface area contributed by atoms with E-state index in [-0.39, 0.29) is 16.1 Å². The Hall–Kier alpha value is -1.94. The smallest absolute Gasteiger partial charge is 0.254 e. The molecular weight excluding hydrogens is 352 g/mol. The van der Waals surface area contributed by atoms with E-state index >= 15 is 0 Å². The molecule has 0 fully saturated rings. The summed E-state index contributed by atoms with van der Waals surface area (Å²) in [6, 6.07) is 19.7. The molecule has 0 radical (unpaired) electrons. The first-order valence-corrected chi connectivity index (χ1v) is 8.43. The van der Waals surface area contributed by atoms with Crippen LogP contribution in [-0.2, 0) is 4.79 Å². The van der Waals surface area contributed by atoms with Crippen LogP contribution in [0.25, 0.3) is 0 Å². The van der Waals surface area contributed by atoms with E-state index < -0.39 is 0 Å². The normalized spacial score (nSPS) is 12.3. The molecule has 1 N–H and O–H groups in total. The average molecular weight is 373 g/mol. The summed E-state index contributed by atoms with van der Waals surface area (Å²) in [4.78, 5) is 12.0. The van der Waals surface area contributed by atoms with Gasteiger partial charge < -0.3 is 0 Å². The second kappa shape index (κ2) is 7.55. The summed E-state index contributed by atoms with van der Waals surface area (Å²) in [6.07, 6.45) is 0. The molecule has 0 aromatic heterocycles. The minimum atomic E-state index is -0.313. The number of amides is 1. The van der Waals surface area contributed by atoms with Gasteiger partial charge in [-0.25, -0.2) is 5.43 Å². The van der Waals surface area contributed by atoms with Crippen molar-refractivity contribution in [1.82, 2.24) is 5.43 Å². The van der Waals surface area contributed by atoms with Crippen molar-refractivity contribution in [2.24, 2.45) is 10.5 Å². The number of nitrogens with zero attached hydrogens (tertiary/aromatic N) is 1. The van der Waals surface area contributed by atoms with Crippen LogP contribution in [-0.4, -0.2) is 16.4 Å². The molecule has 2 aromatic rings. The standard InChI is InChI=1S/C19H21BrN2O/c1-19(2,3)17(20)18(23)22-21-16(14-10-6-4-7-11-14)15-12-8-5-9-13-15/h4-13,17H,1-3H3,(H,22,23). The van der Waals surface area contributed by atoms with Gasteiger partial charge in [0, 0.05) is 11.1 Å². The van der Waals surface area contributed by atoms with E-state index in [1.807, 2.05) is 81.4 Å². The third kappa shape index (κ3) is 4.76. The largest absolute Gasteiger partial charge is 0.272 e. The predicted molar refractivity (Wildman–Crippen MR) is 98.8 cm³/mol. The first-order valence-electron chi connectivity index (χ1n) is 7.52. The monoisotopic (exact) mass is 372 g/mol. The zero-order valence-corrected chi connectivity index (χ0v) is 15.2. The molecule has 2 rings (SSSR count). The third-order valence-corrected chi connectivity index (χ3v) is 5.15. The van der Waals surface area contributed by atoms with E-state index in [2.05, 4.69) is 26.5 Å². The van der Waals surface area contributed by atoms with Crippen LogP contribution < -0.4 is 5.43 Å². The van der Waals surface area contributed by atoms with Crippen molar-refractivity contribution in [3.05, 3.63) is 71.8 Å². The van der Waals surface area contributed by atoms with Gasteiger partial charge in [0.25, 0.3) is 5.91 Å². The Bertz CT molecular complexity index is 634. The van der Waals surface area contributed by atoms with Crippen LogP contribution in [0.4, 0.5) is 0 Å². The van der Waals surface area contributed by atoms with Crippen molar-refractivity contribution >= 4 is 27.5 Å². The zero-order chi connectivity index (χ0) is 16.9. The Morgan fingerprint density at radius 2 is 1.39 bits per heavy atom. The van der Waals surface area contributed by atoms with Crippen LogP contribution in [0.3, 0.4) is 0 Å². The van der Waals surface area contributed by atoms with Crippen molar-refractivity contribution < 1.29 is 4.79 Å². The molecule has 0 saturated heterocycles. The highest BCUT2D eigenvalue weighted by atomic mass is 79.9. The quantitative estimate of drug-likeness (QED) is 0.483. The highest BCUT2D eigenvalue weighted by molar-refractivity contribution is 9.10. The average Bonchev–Trinajstić information content (AvgIpc) is 2.55. The maximum absolute atomic E-state index is 12.3. The van der Waals surface area contributed by atoms with Crippen molar-refractivity contribution in [3.8, 4) is 0 Å². The molecule has 1 atom stereocenters. The predicted octanol–water partition coefficient (Wildman–Crippen LogP) is 4.36. The lowest BCUT2D eigenvalue weighted by atomic mass is 9.92. The molecule has 1 unspecified atom stereocenters. The van der Waals surface area contributed by atoms with Crippen molar-refractivity contribution in [1.29, 1.82) is 0 Å². The van der Waals surface area contributed by atoms with Crippen molar-refractivity contribution in [2.75, 3.05) is 0 Å². The topological polar surface area (TPSA) is 41.5 Å². The fraction of sp³-hybridized carbons (Fsp3) is 0.263. The molecule has 0 bridgehead atoms. The molecule has 0 saturated carbocycles. The Balaban J connectivity index is 2.30. The number of hydrazone groups is 1. The maximum Gasteiger partial charge on any atom is 0.254 e. The highest BCUT2D eigenvalue weighted by Crippen LogP contribution is 2.26. The van der Waals surface area contributed by atoms with Gasteiger partial charge in [-0.15, -0.1) is 0 Å². The first-order chi connectivity index (χ1) is 10.9. The summed E-state index contributed by atoms with van der Waals surface area (Å²) in [5, 5.41) is 4.39. The van der Waals surface area contributed by atoms with Gasteiger partial charge in [-0.05, 0) is 5.41 Å². The zero-order valence-electron chi connectivity index (χ0n) is 13.6. The van der Waals surface area contributed by atoms with Gasteiger partial charge in [-0.1, -0.05) is 97.4 Å². The molecule has 23 heavy (non-hydrogen) atoms. The van der Waals surface area contributed by atoms with Crippen molar-refractivity contribution in [3.63, 3.8) is 0 Å². The lowest BCUT2D eigenvalue weighted by Crippen LogP contribution is -2.36. The number of carbonyl (C=O) groups excluding carboxylic acids is 1. The van der Waals surface area contributed by atoms with Crippen LogP contribution in [0.1, 0.15) is 31.9 Å². The minimum Gasteiger partial charge on any atom is -0.272 e. The van der Waals surface area contributed by atoms with E-state index in [0.717, 1.165) is 16.8 Å². The Morgan fingerprint density at radius 1 is 0.957 bits per heavy atom. The number of hydrogen-bond acceptors (Lipinski definition) is 2.